The van der Waals surface area contributed by atoms with Gasteiger partial charge in [-0.3, -0.25) is 5.10 Å². The van der Waals surface area contributed by atoms with Crippen LogP contribution in [0.15, 0.2) is 55.0 Å². The fourth-order valence-corrected chi connectivity index (χ4v) is 2.71. The maximum Gasteiger partial charge on any atom is 0.246 e. The molecule has 2 aromatic carbocycles. The molecule has 0 unspecified atom stereocenters. The average molecular weight is 364 g/mol. The quantitative estimate of drug-likeness (QED) is 0.562. The van der Waals surface area contributed by atoms with E-state index < -0.39 is 0 Å². The zero-order valence-corrected chi connectivity index (χ0v) is 14.8. The molecule has 0 bridgehead atoms. The second kappa shape index (κ2) is 6.91. The molecule has 0 fully saturated rings. The van der Waals surface area contributed by atoms with Gasteiger partial charge in [-0.2, -0.15) is 4.98 Å². The summed E-state index contributed by atoms with van der Waals surface area (Å²) < 4.78 is 20.4. The van der Waals surface area contributed by atoms with Crippen LogP contribution in [0.3, 0.4) is 0 Å². The first-order chi connectivity index (χ1) is 13.1. The van der Waals surface area contributed by atoms with Crippen molar-refractivity contribution in [3.8, 4) is 22.8 Å². The van der Waals surface area contributed by atoms with Crippen LogP contribution in [0.5, 0.6) is 5.75 Å². The predicted octanol–water partition coefficient (Wildman–Crippen LogP) is 3.86. The van der Waals surface area contributed by atoms with Crippen molar-refractivity contribution in [3.05, 3.63) is 66.5 Å². The van der Waals surface area contributed by atoms with Crippen molar-refractivity contribution in [3.63, 3.8) is 0 Å². The highest BCUT2D eigenvalue weighted by atomic mass is 19.1. The van der Waals surface area contributed by atoms with Crippen molar-refractivity contribution in [1.82, 2.24) is 24.7 Å². The smallest absolute Gasteiger partial charge is 0.246 e. The maximum absolute atomic E-state index is 13.0. The lowest BCUT2D eigenvalue weighted by Gasteiger charge is -2.11. The van der Waals surface area contributed by atoms with E-state index in [0.717, 1.165) is 22.6 Å². The maximum atomic E-state index is 13.0. The van der Waals surface area contributed by atoms with Gasteiger partial charge < -0.3 is 14.6 Å². The summed E-state index contributed by atoms with van der Waals surface area (Å²) in [6.07, 6.45) is 3.67. The molecular formula is C19H17FN6O. The van der Waals surface area contributed by atoms with E-state index in [2.05, 4.69) is 25.5 Å². The number of halogens is 1. The summed E-state index contributed by atoms with van der Waals surface area (Å²) in [6.45, 7) is 1.93. The summed E-state index contributed by atoms with van der Waals surface area (Å²) in [5, 5.41) is 10.1. The molecule has 0 spiro atoms. The van der Waals surface area contributed by atoms with Gasteiger partial charge in [0.1, 0.15) is 11.6 Å². The molecule has 0 aliphatic heterocycles. The minimum absolute atomic E-state index is 0.295. The number of aromatic amines is 1. The monoisotopic (exact) mass is 364 g/mol. The molecule has 0 aliphatic rings. The third-order valence-corrected chi connectivity index (χ3v) is 4.03. The van der Waals surface area contributed by atoms with Gasteiger partial charge >= 0.3 is 0 Å². The Bertz CT molecular complexity index is 1070. The summed E-state index contributed by atoms with van der Waals surface area (Å²) in [7, 11) is 1.62. The number of methoxy groups -OCH3 is 1. The van der Waals surface area contributed by atoms with Gasteiger partial charge in [-0.15, -0.1) is 5.10 Å². The number of aromatic nitrogens is 5. The molecule has 136 valence electrons. The number of nitrogens with one attached hydrogen (secondary N) is 2. The number of anilines is 2. The SMILES string of the molecule is COc1cc(Nc2n[nH]c(-c3ccc(F)cc3)n2)ccc1-n1cnc(C)c1. The van der Waals surface area contributed by atoms with Crippen molar-refractivity contribution in [2.24, 2.45) is 0 Å². The minimum atomic E-state index is -0.295. The number of hydrogen-bond acceptors (Lipinski definition) is 5. The van der Waals surface area contributed by atoms with Gasteiger partial charge in [-0.25, -0.2) is 9.37 Å². The molecule has 0 radical (unpaired) electrons. The largest absolute Gasteiger partial charge is 0.494 e. The highest BCUT2D eigenvalue weighted by Gasteiger charge is 2.10. The number of nitrogens with zero attached hydrogens (tertiary/aromatic N) is 4. The Hall–Kier alpha value is -3.68. The zero-order valence-electron chi connectivity index (χ0n) is 14.8. The van der Waals surface area contributed by atoms with E-state index in [0.29, 0.717) is 17.5 Å². The molecule has 4 aromatic rings. The van der Waals surface area contributed by atoms with Gasteiger partial charge in [0.2, 0.25) is 5.95 Å². The third-order valence-electron chi connectivity index (χ3n) is 4.03. The molecule has 2 heterocycles. The molecule has 8 heteroatoms. The molecule has 0 amide bonds. The Balaban J connectivity index is 1.57. The zero-order chi connectivity index (χ0) is 18.8. The molecule has 4 rings (SSSR count). The average Bonchev–Trinajstić information content (AvgIpc) is 3.31. The molecule has 2 aromatic heterocycles. The summed E-state index contributed by atoms with van der Waals surface area (Å²) in [5.41, 5.74) is 3.33. The second-order valence-corrected chi connectivity index (χ2v) is 5.95. The number of aryl methyl sites for hydroxylation is 1. The summed E-state index contributed by atoms with van der Waals surface area (Å²) in [6, 6.07) is 11.7. The van der Waals surface area contributed by atoms with Crippen LogP contribution in [0.4, 0.5) is 16.0 Å². The van der Waals surface area contributed by atoms with Crippen LogP contribution in [-0.2, 0) is 0 Å². The number of ether oxygens (including phenoxy) is 1. The van der Waals surface area contributed by atoms with E-state index >= 15 is 0 Å². The lowest BCUT2D eigenvalue weighted by atomic mass is 10.2. The van der Waals surface area contributed by atoms with Crippen LogP contribution < -0.4 is 10.1 Å². The Morgan fingerprint density at radius 3 is 2.67 bits per heavy atom. The van der Waals surface area contributed by atoms with Gasteiger partial charge in [0.15, 0.2) is 5.82 Å². The van der Waals surface area contributed by atoms with Crippen molar-refractivity contribution in [2.75, 3.05) is 12.4 Å². The Labute approximate surface area is 154 Å². The van der Waals surface area contributed by atoms with Gasteiger partial charge in [-0.05, 0) is 43.3 Å². The molecule has 27 heavy (non-hydrogen) atoms. The van der Waals surface area contributed by atoms with Crippen LogP contribution in [-0.4, -0.2) is 31.8 Å². The molecule has 2 N–H and O–H groups in total. The highest BCUT2D eigenvalue weighted by molar-refractivity contribution is 5.63. The van der Waals surface area contributed by atoms with Crippen LogP contribution in [0.2, 0.25) is 0 Å². The molecule has 0 saturated carbocycles. The van der Waals surface area contributed by atoms with Crippen molar-refractivity contribution >= 4 is 11.6 Å². The van der Waals surface area contributed by atoms with Crippen molar-refractivity contribution < 1.29 is 9.13 Å². The van der Waals surface area contributed by atoms with Crippen LogP contribution in [0, 0.1) is 12.7 Å². The third kappa shape index (κ3) is 3.50. The first-order valence-corrected chi connectivity index (χ1v) is 8.27. The first kappa shape index (κ1) is 16.8. The first-order valence-electron chi connectivity index (χ1n) is 8.27. The van der Waals surface area contributed by atoms with Gasteiger partial charge in [0.05, 0.1) is 24.8 Å². The van der Waals surface area contributed by atoms with Crippen LogP contribution in [0.1, 0.15) is 5.69 Å². The fraction of sp³-hybridized carbons (Fsp3) is 0.105. The molecule has 0 atom stereocenters. The Morgan fingerprint density at radius 1 is 1.15 bits per heavy atom. The topological polar surface area (TPSA) is 80.6 Å². The standard InChI is InChI=1S/C19H17FN6O/c1-12-10-26(11-21-12)16-8-7-15(9-17(16)27-2)22-19-23-18(24-25-19)13-3-5-14(20)6-4-13/h3-11H,1-2H3,(H2,22,23,24,25). The lowest BCUT2D eigenvalue weighted by molar-refractivity contribution is 0.413. The van der Waals surface area contributed by atoms with E-state index in [-0.39, 0.29) is 5.82 Å². The Morgan fingerprint density at radius 2 is 1.96 bits per heavy atom. The summed E-state index contributed by atoms with van der Waals surface area (Å²) in [4.78, 5) is 8.63. The molecule has 0 aliphatic carbocycles. The molecule has 0 saturated heterocycles. The van der Waals surface area contributed by atoms with Gasteiger partial charge in [0.25, 0.3) is 0 Å². The van der Waals surface area contributed by atoms with E-state index in [1.165, 1.54) is 12.1 Å². The second-order valence-electron chi connectivity index (χ2n) is 5.95. The van der Waals surface area contributed by atoms with Crippen LogP contribution >= 0.6 is 0 Å². The molecular weight excluding hydrogens is 347 g/mol. The number of hydrogen-bond donors (Lipinski definition) is 2. The van der Waals surface area contributed by atoms with E-state index in [4.69, 9.17) is 4.74 Å². The van der Waals surface area contributed by atoms with Gasteiger partial charge in [0, 0.05) is 23.5 Å². The lowest BCUT2D eigenvalue weighted by Crippen LogP contribution is -1.98. The number of H-pyrrole nitrogens is 1. The fourth-order valence-electron chi connectivity index (χ4n) is 2.71. The predicted molar refractivity (Wildman–Crippen MR) is 99.9 cm³/mol. The van der Waals surface area contributed by atoms with E-state index in [1.807, 2.05) is 35.9 Å². The van der Waals surface area contributed by atoms with Crippen LogP contribution in [0.25, 0.3) is 17.1 Å². The van der Waals surface area contributed by atoms with Crippen molar-refractivity contribution in [2.45, 2.75) is 6.92 Å². The normalized spacial score (nSPS) is 10.8. The van der Waals surface area contributed by atoms with Crippen molar-refractivity contribution in [1.29, 1.82) is 0 Å². The Kier molecular flexibility index (Phi) is 4.29. The molecule has 7 nitrogen and oxygen atoms in total. The van der Waals surface area contributed by atoms with Gasteiger partial charge in [-0.1, -0.05) is 0 Å². The van der Waals surface area contributed by atoms with E-state index in [9.17, 15) is 4.39 Å². The minimum Gasteiger partial charge on any atom is -0.494 e. The number of rotatable bonds is 5. The number of imidazole rings is 1. The van der Waals surface area contributed by atoms with E-state index in [1.54, 1.807) is 25.6 Å². The summed E-state index contributed by atoms with van der Waals surface area (Å²) >= 11 is 0. The number of benzene rings is 2. The highest BCUT2D eigenvalue weighted by Crippen LogP contribution is 2.28. The summed E-state index contributed by atoms with van der Waals surface area (Å²) in [5.74, 6) is 1.35.